The summed E-state index contributed by atoms with van der Waals surface area (Å²) in [6.45, 7) is 4.33. The lowest BCUT2D eigenvalue weighted by atomic mass is 10.1. The van der Waals surface area contributed by atoms with E-state index in [1.165, 1.54) is 0 Å². The Bertz CT molecular complexity index is 921. The van der Waals surface area contributed by atoms with Crippen molar-refractivity contribution >= 4 is 11.7 Å². The standard InChI is InChI=1S/C19H19N3O4/c1-4-25-15-7-5-6-13(11-15)19(23)20-18-17(21-26-22-18)16-9-8-14(24-3)10-12(16)2/h5-11H,4H2,1-3H3,(H,20,22,23). The molecule has 0 aliphatic heterocycles. The summed E-state index contributed by atoms with van der Waals surface area (Å²) in [6.07, 6.45) is 0. The van der Waals surface area contributed by atoms with E-state index < -0.39 is 0 Å². The number of carbonyl (C=O) groups is 1. The molecule has 0 bridgehead atoms. The van der Waals surface area contributed by atoms with Crippen LogP contribution in [0.25, 0.3) is 11.3 Å². The van der Waals surface area contributed by atoms with Gasteiger partial charge in [0.1, 0.15) is 11.5 Å². The maximum atomic E-state index is 12.5. The number of carbonyl (C=O) groups excluding carboxylic acids is 1. The summed E-state index contributed by atoms with van der Waals surface area (Å²) in [5.41, 5.74) is 2.63. The quantitative estimate of drug-likeness (QED) is 0.727. The Balaban J connectivity index is 1.85. The summed E-state index contributed by atoms with van der Waals surface area (Å²) in [5.74, 6) is 1.30. The molecule has 1 aromatic heterocycles. The molecule has 0 spiro atoms. The van der Waals surface area contributed by atoms with Crippen molar-refractivity contribution in [2.24, 2.45) is 0 Å². The van der Waals surface area contributed by atoms with E-state index in [0.29, 0.717) is 23.6 Å². The second kappa shape index (κ2) is 7.69. The molecule has 0 fully saturated rings. The van der Waals surface area contributed by atoms with E-state index in [1.807, 2.05) is 32.0 Å². The van der Waals surface area contributed by atoms with Crippen molar-refractivity contribution in [2.45, 2.75) is 13.8 Å². The third-order valence-corrected chi connectivity index (χ3v) is 3.82. The maximum Gasteiger partial charge on any atom is 0.257 e. The van der Waals surface area contributed by atoms with Gasteiger partial charge in [-0.25, -0.2) is 4.63 Å². The van der Waals surface area contributed by atoms with Gasteiger partial charge in [-0.05, 0) is 66.1 Å². The molecule has 2 aromatic carbocycles. The number of amides is 1. The van der Waals surface area contributed by atoms with Crippen LogP contribution in [-0.4, -0.2) is 29.9 Å². The van der Waals surface area contributed by atoms with E-state index in [9.17, 15) is 4.79 Å². The smallest absolute Gasteiger partial charge is 0.257 e. The minimum atomic E-state index is -0.324. The van der Waals surface area contributed by atoms with Gasteiger partial charge >= 0.3 is 0 Å². The second-order valence-electron chi connectivity index (χ2n) is 5.56. The van der Waals surface area contributed by atoms with Gasteiger partial charge in [0, 0.05) is 11.1 Å². The predicted octanol–water partition coefficient (Wildman–Crippen LogP) is 3.70. The molecule has 1 N–H and O–H groups in total. The zero-order valence-corrected chi connectivity index (χ0v) is 14.8. The number of ether oxygens (including phenoxy) is 2. The molecular weight excluding hydrogens is 334 g/mol. The van der Waals surface area contributed by atoms with Crippen LogP contribution < -0.4 is 14.8 Å². The highest BCUT2D eigenvalue weighted by Gasteiger charge is 2.18. The molecule has 3 rings (SSSR count). The molecule has 1 amide bonds. The van der Waals surface area contributed by atoms with Gasteiger partial charge in [0.25, 0.3) is 5.91 Å². The van der Waals surface area contributed by atoms with Gasteiger partial charge in [-0.1, -0.05) is 6.07 Å². The molecule has 0 aliphatic rings. The van der Waals surface area contributed by atoms with Gasteiger partial charge in [-0.2, -0.15) is 0 Å². The van der Waals surface area contributed by atoms with Crippen molar-refractivity contribution < 1.29 is 18.9 Å². The Labute approximate surface area is 150 Å². The molecule has 0 aliphatic carbocycles. The van der Waals surface area contributed by atoms with E-state index >= 15 is 0 Å². The Morgan fingerprint density at radius 2 is 2.00 bits per heavy atom. The zero-order valence-electron chi connectivity index (χ0n) is 14.8. The lowest BCUT2D eigenvalue weighted by Crippen LogP contribution is -2.13. The van der Waals surface area contributed by atoms with Crippen molar-refractivity contribution in [1.82, 2.24) is 10.3 Å². The first-order valence-corrected chi connectivity index (χ1v) is 8.14. The molecule has 0 unspecified atom stereocenters. The van der Waals surface area contributed by atoms with Crippen LogP contribution in [0.3, 0.4) is 0 Å². The molecule has 3 aromatic rings. The van der Waals surface area contributed by atoms with Gasteiger partial charge in [-0.15, -0.1) is 0 Å². The average Bonchev–Trinajstić information content (AvgIpc) is 3.10. The number of aromatic nitrogens is 2. The third-order valence-electron chi connectivity index (χ3n) is 3.82. The molecule has 134 valence electrons. The van der Waals surface area contributed by atoms with Crippen molar-refractivity contribution in [3.63, 3.8) is 0 Å². The highest BCUT2D eigenvalue weighted by Crippen LogP contribution is 2.30. The Hall–Kier alpha value is -3.35. The Morgan fingerprint density at radius 1 is 1.15 bits per heavy atom. The molecule has 0 saturated heterocycles. The highest BCUT2D eigenvalue weighted by molar-refractivity contribution is 6.05. The lowest BCUT2D eigenvalue weighted by Gasteiger charge is -2.08. The number of benzene rings is 2. The highest BCUT2D eigenvalue weighted by atomic mass is 16.6. The van der Waals surface area contributed by atoms with Crippen molar-refractivity contribution in [2.75, 3.05) is 19.0 Å². The van der Waals surface area contributed by atoms with Crippen LogP contribution in [0.2, 0.25) is 0 Å². The number of rotatable bonds is 6. The van der Waals surface area contributed by atoms with Gasteiger partial charge < -0.3 is 14.8 Å². The predicted molar refractivity (Wildman–Crippen MR) is 96.6 cm³/mol. The zero-order chi connectivity index (χ0) is 18.5. The van der Waals surface area contributed by atoms with Crippen LogP contribution in [0.5, 0.6) is 11.5 Å². The van der Waals surface area contributed by atoms with Crippen molar-refractivity contribution in [3.05, 3.63) is 53.6 Å². The summed E-state index contributed by atoms with van der Waals surface area (Å²) in [4.78, 5) is 12.5. The van der Waals surface area contributed by atoms with Crippen LogP contribution in [0.15, 0.2) is 47.1 Å². The molecular formula is C19H19N3O4. The van der Waals surface area contributed by atoms with Gasteiger partial charge in [0.05, 0.1) is 13.7 Å². The van der Waals surface area contributed by atoms with E-state index in [-0.39, 0.29) is 11.7 Å². The number of anilines is 1. The van der Waals surface area contributed by atoms with Gasteiger partial charge in [-0.3, -0.25) is 4.79 Å². The largest absolute Gasteiger partial charge is 0.497 e. The van der Waals surface area contributed by atoms with Gasteiger partial charge in [0.15, 0.2) is 5.69 Å². The van der Waals surface area contributed by atoms with Crippen molar-refractivity contribution in [1.29, 1.82) is 0 Å². The fourth-order valence-corrected chi connectivity index (χ4v) is 2.55. The minimum absolute atomic E-state index is 0.255. The number of methoxy groups -OCH3 is 1. The first-order valence-electron chi connectivity index (χ1n) is 8.14. The molecule has 0 saturated carbocycles. The Morgan fingerprint density at radius 3 is 2.73 bits per heavy atom. The van der Waals surface area contributed by atoms with Gasteiger partial charge in [0.2, 0.25) is 5.82 Å². The SMILES string of the molecule is CCOc1cccc(C(=O)Nc2nonc2-c2ccc(OC)cc2C)c1. The average molecular weight is 353 g/mol. The molecule has 7 nitrogen and oxygen atoms in total. The monoisotopic (exact) mass is 353 g/mol. The van der Waals surface area contributed by atoms with E-state index in [0.717, 1.165) is 16.9 Å². The maximum absolute atomic E-state index is 12.5. The van der Waals surface area contributed by atoms with Crippen LogP contribution in [0, 0.1) is 6.92 Å². The van der Waals surface area contributed by atoms with Crippen molar-refractivity contribution in [3.8, 4) is 22.8 Å². The Kier molecular flexibility index (Phi) is 5.17. The van der Waals surface area contributed by atoms with E-state index in [2.05, 4.69) is 15.6 Å². The summed E-state index contributed by atoms with van der Waals surface area (Å²) >= 11 is 0. The van der Waals surface area contributed by atoms with E-state index in [4.69, 9.17) is 14.1 Å². The summed E-state index contributed by atoms with van der Waals surface area (Å²) in [6, 6.07) is 12.5. The number of hydrogen-bond donors (Lipinski definition) is 1. The molecule has 7 heteroatoms. The van der Waals surface area contributed by atoms with Crippen LogP contribution in [0.1, 0.15) is 22.8 Å². The molecule has 0 atom stereocenters. The number of aryl methyl sites for hydroxylation is 1. The summed E-state index contributed by atoms with van der Waals surface area (Å²) < 4.78 is 15.5. The summed E-state index contributed by atoms with van der Waals surface area (Å²) in [7, 11) is 1.61. The van der Waals surface area contributed by atoms with Crippen LogP contribution in [0.4, 0.5) is 5.82 Å². The van der Waals surface area contributed by atoms with Crippen LogP contribution in [-0.2, 0) is 0 Å². The summed E-state index contributed by atoms with van der Waals surface area (Å²) in [5, 5.41) is 10.5. The normalized spacial score (nSPS) is 10.4. The topological polar surface area (TPSA) is 86.5 Å². The molecule has 26 heavy (non-hydrogen) atoms. The van der Waals surface area contributed by atoms with E-state index in [1.54, 1.807) is 31.4 Å². The number of hydrogen-bond acceptors (Lipinski definition) is 6. The first-order chi connectivity index (χ1) is 12.6. The fraction of sp³-hybridized carbons (Fsp3) is 0.211. The number of nitrogens with zero attached hydrogens (tertiary/aromatic N) is 2. The van der Waals surface area contributed by atoms with Crippen LogP contribution >= 0.6 is 0 Å². The second-order valence-corrected chi connectivity index (χ2v) is 5.56. The molecule has 0 radical (unpaired) electrons. The molecule has 1 heterocycles. The first kappa shape index (κ1) is 17.5. The lowest BCUT2D eigenvalue weighted by molar-refractivity contribution is 0.102. The number of nitrogens with one attached hydrogen (secondary N) is 1. The fourth-order valence-electron chi connectivity index (χ4n) is 2.55. The minimum Gasteiger partial charge on any atom is -0.497 e. The third kappa shape index (κ3) is 3.66.